The van der Waals surface area contributed by atoms with Crippen LogP contribution in [-0.4, -0.2) is 37.2 Å². The van der Waals surface area contributed by atoms with Gasteiger partial charge in [0.2, 0.25) is 0 Å². The summed E-state index contributed by atoms with van der Waals surface area (Å²) in [6.45, 7) is 6.58. The maximum absolute atomic E-state index is 13.0. The highest BCUT2D eigenvalue weighted by Gasteiger charge is 2.19. The summed E-state index contributed by atoms with van der Waals surface area (Å²) >= 11 is 0. The molecular formula is C76H136O6. The summed E-state index contributed by atoms with van der Waals surface area (Å²) in [6, 6.07) is 0. The van der Waals surface area contributed by atoms with Gasteiger partial charge < -0.3 is 14.2 Å². The number of esters is 3. The highest BCUT2D eigenvalue weighted by atomic mass is 16.6. The summed E-state index contributed by atoms with van der Waals surface area (Å²) in [6.07, 6.45) is 92.2. The topological polar surface area (TPSA) is 78.9 Å². The van der Waals surface area contributed by atoms with Crippen molar-refractivity contribution in [2.24, 2.45) is 0 Å². The SMILES string of the molecule is CC/C=C\C/C=C\C/C=C\C/C=C\C/C=C\C/C=C\CCCCCCCCC(=O)OCC(COC(=O)CCCCCCCCCCCCCCCC)OC(=O)CCCCCCCCCCCCCCCCCCCCCCCCCCC. The molecule has 1 unspecified atom stereocenters. The van der Waals surface area contributed by atoms with Gasteiger partial charge in [0, 0.05) is 19.3 Å². The van der Waals surface area contributed by atoms with E-state index < -0.39 is 6.10 Å². The third kappa shape index (κ3) is 67.6. The molecule has 0 aliphatic carbocycles. The Kier molecular flexibility index (Phi) is 67.6. The van der Waals surface area contributed by atoms with Crippen molar-refractivity contribution in [3.63, 3.8) is 0 Å². The molecule has 0 aliphatic heterocycles. The zero-order valence-electron chi connectivity index (χ0n) is 54.8. The summed E-state index contributed by atoms with van der Waals surface area (Å²) in [5.41, 5.74) is 0. The first-order valence-corrected chi connectivity index (χ1v) is 35.9. The molecule has 1 atom stereocenters. The number of rotatable bonds is 66. The Labute approximate surface area is 510 Å². The Hall–Kier alpha value is -3.15. The van der Waals surface area contributed by atoms with E-state index in [1.807, 2.05) is 0 Å². The summed E-state index contributed by atoms with van der Waals surface area (Å²) in [4.78, 5) is 38.5. The zero-order chi connectivity index (χ0) is 59.2. The lowest BCUT2D eigenvalue weighted by atomic mass is 10.0. The lowest BCUT2D eigenvalue weighted by Gasteiger charge is -2.18. The molecule has 0 amide bonds. The average Bonchev–Trinajstić information content (AvgIpc) is 3.47. The van der Waals surface area contributed by atoms with E-state index in [2.05, 4.69) is 93.7 Å². The van der Waals surface area contributed by atoms with Gasteiger partial charge >= 0.3 is 17.9 Å². The maximum atomic E-state index is 13.0. The van der Waals surface area contributed by atoms with Crippen LogP contribution in [0, 0.1) is 0 Å². The summed E-state index contributed by atoms with van der Waals surface area (Å²) in [5, 5.41) is 0. The molecule has 0 bridgehead atoms. The molecule has 82 heavy (non-hydrogen) atoms. The summed E-state index contributed by atoms with van der Waals surface area (Å²) in [5.74, 6) is -0.865. The van der Waals surface area contributed by atoms with Crippen LogP contribution < -0.4 is 0 Å². The fraction of sp³-hybridized carbons (Fsp3) is 0.803. The van der Waals surface area contributed by atoms with Crippen molar-refractivity contribution in [2.75, 3.05) is 13.2 Å². The molecule has 0 heterocycles. The molecule has 6 nitrogen and oxygen atoms in total. The average molecular weight is 1150 g/mol. The van der Waals surface area contributed by atoms with Gasteiger partial charge in [-0.1, -0.05) is 357 Å². The van der Waals surface area contributed by atoms with Gasteiger partial charge in [-0.25, -0.2) is 0 Å². The maximum Gasteiger partial charge on any atom is 0.306 e. The van der Waals surface area contributed by atoms with Gasteiger partial charge in [0.25, 0.3) is 0 Å². The Morgan fingerprint density at radius 1 is 0.256 bits per heavy atom. The fourth-order valence-corrected chi connectivity index (χ4v) is 10.6. The van der Waals surface area contributed by atoms with E-state index in [9.17, 15) is 14.4 Å². The van der Waals surface area contributed by atoms with Crippen molar-refractivity contribution in [3.05, 3.63) is 72.9 Å². The van der Waals surface area contributed by atoms with Gasteiger partial charge in [0.05, 0.1) is 0 Å². The second-order valence-electron chi connectivity index (χ2n) is 24.1. The van der Waals surface area contributed by atoms with E-state index in [0.29, 0.717) is 19.3 Å². The van der Waals surface area contributed by atoms with E-state index in [4.69, 9.17) is 14.2 Å². The van der Waals surface area contributed by atoms with Gasteiger partial charge in [-0.2, -0.15) is 0 Å². The molecule has 0 aromatic rings. The number of ether oxygens (including phenoxy) is 3. The van der Waals surface area contributed by atoms with E-state index in [1.165, 1.54) is 231 Å². The first kappa shape index (κ1) is 78.8. The smallest absolute Gasteiger partial charge is 0.306 e. The molecule has 0 spiro atoms. The van der Waals surface area contributed by atoms with Crippen LogP contribution in [0.4, 0.5) is 0 Å². The Morgan fingerprint density at radius 3 is 0.744 bits per heavy atom. The predicted molar refractivity (Wildman–Crippen MR) is 358 cm³/mol. The summed E-state index contributed by atoms with van der Waals surface area (Å²) in [7, 11) is 0. The molecule has 0 aromatic heterocycles. The Balaban J connectivity index is 4.30. The number of carbonyl (C=O) groups is 3. The van der Waals surface area contributed by atoms with Gasteiger partial charge in [0.15, 0.2) is 6.10 Å². The molecule has 0 saturated heterocycles. The molecular weight excluding hydrogens is 1010 g/mol. The molecule has 476 valence electrons. The Bertz CT molecular complexity index is 1500. The minimum absolute atomic E-state index is 0.0749. The van der Waals surface area contributed by atoms with E-state index in [1.54, 1.807) is 0 Å². The minimum Gasteiger partial charge on any atom is -0.462 e. The number of allylic oxidation sites excluding steroid dienone is 12. The number of carbonyl (C=O) groups excluding carboxylic acids is 3. The van der Waals surface area contributed by atoms with E-state index in [-0.39, 0.29) is 31.1 Å². The molecule has 0 N–H and O–H groups in total. The van der Waals surface area contributed by atoms with Crippen LogP contribution in [0.25, 0.3) is 0 Å². The van der Waals surface area contributed by atoms with Gasteiger partial charge in [-0.3, -0.25) is 14.4 Å². The van der Waals surface area contributed by atoms with Crippen LogP contribution in [-0.2, 0) is 28.6 Å². The standard InChI is InChI=1S/C76H136O6/c1-4-7-10-13-16-19-22-25-28-30-32-34-36-38-40-42-44-46-48-51-54-57-60-63-66-69-75(78)81-72-73(71-80-74(77)68-65-62-59-56-53-50-27-24-21-18-15-12-9-6-3)82-76(79)70-67-64-61-58-55-52-49-47-45-43-41-39-37-35-33-31-29-26-23-20-17-14-11-8-5-2/h7,10,16,19,25,28,32,34,38,40,44,46,73H,4-6,8-9,11-15,17-18,20-24,26-27,29-31,33,35-37,39,41-43,45,47-72H2,1-3H3/b10-7-,19-16-,28-25-,34-32-,40-38-,46-44-. The van der Waals surface area contributed by atoms with Crippen molar-refractivity contribution in [1.82, 2.24) is 0 Å². The predicted octanol–water partition coefficient (Wildman–Crippen LogP) is 24.8. The van der Waals surface area contributed by atoms with Gasteiger partial charge in [-0.05, 0) is 70.6 Å². The summed E-state index contributed by atoms with van der Waals surface area (Å²) < 4.78 is 17.0. The Morgan fingerprint density at radius 2 is 0.476 bits per heavy atom. The van der Waals surface area contributed by atoms with Crippen LogP contribution in [0.15, 0.2) is 72.9 Å². The number of unbranched alkanes of at least 4 members (excludes halogenated alkanes) is 43. The molecule has 0 fully saturated rings. The van der Waals surface area contributed by atoms with Crippen LogP contribution in [0.2, 0.25) is 0 Å². The minimum atomic E-state index is -0.780. The lowest BCUT2D eigenvalue weighted by molar-refractivity contribution is -0.167. The second kappa shape index (κ2) is 70.3. The van der Waals surface area contributed by atoms with Crippen LogP contribution in [0.1, 0.15) is 374 Å². The quantitative estimate of drug-likeness (QED) is 0.0261. The van der Waals surface area contributed by atoms with Crippen molar-refractivity contribution >= 4 is 17.9 Å². The van der Waals surface area contributed by atoms with Crippen molar-refractivity contribution in [3.8, 4) is 0 Å². The van der Waals surface area contributed by atoms with E-state index in [0.717, 1.165) is 103 Å². The molecule has 6 heteroatoms. The third-order valence-corrected chi connectivity index (χ3v) is 16.0. The van der Waals surface area contributed by atoms with Crippen molar-refractivity contribution < 1.29 is 28.6 Å². The number of hydrogen-bond acceptors (Lipinski definition) is 6. The first-order chi connectivity index (χ1) is 40.5. The molecule has 0 radical (unpaired) electrons. The van der Waals surface area contributed by atoms with Crippen LogP contribution >= 0.6 is 0 Å². The highest BCUT2D eigenvalue weighted by Crippen LogP contribution is 2.18. The number of hydrogen-bond donors (Lipinski definition) is 0. The monoisotopic (exact) mass is 1150 g/mol. The third-order valence-electron chi connectivity index (χ3n) is 16.0. The van der Waals surface area contributed by atoms with Crippen LogP contribution in [0.5, 0.6) is 0 Å². The fourth-order valence-electron chi connectivity index (χ4n) is 10.6. The second-order valence-corrected chi connectivity index (χ2v) is 24.1. The first-order valence-electron chi connectivity index (χ1n) is 35.9. The highest BCUT2D eigenvalue weighted by molar-refractivity contribution is 5.71. The lowest BCUT2D eigenvalue weighted by Crippen LogP contribution is -2.30. The molecule has 0 saturated carbocycles. The van der Waals surface area contributed by atoms with E-state index >= 15 is 0 Å². The van der Waals surface area contributed by atoms with Gasteiger partial charge in [-0.15, -0.1) is 0 Å². The molecule has 0 aromatic carbocycles. The normalized spacial score (nSPS) is 12.5. The zero-order valence-corrected chi connectivity index (χ0v) is 54.8. The van der Waals surface area contributed by atoms with Gasteiger partial charge in [0.1, 0.15) is 13.2 Å². The van der Waals surface area contributed by atoms with Crippen molar-refractivity contribution in [2.45, 2.75) is 380 Å². The molecule has 0 rings (SSSR count). The van der Waals surface area contributed by atoms with Crippen LogP contribution in [0.3, 0.4) is 0 Å². The molecule has 0 aliphatic rings. The van der Waals surface area contributed by atoms with Crippen molar-refractivity contribution in [1.29, 1.82) is 0 Å². The largest absolute Gasteiger partial charge is 0.462 e.